The van der Waals surface area contributed by atoms with Crippen LogP contribution in [0.4, 0.5) is 14.5 Å². The van der Waals surface area contributed by atoms with Crippen molar-refractivity contribution in [3.63, 3.8) is 0 Å². The molecule has 0 aliphatic carbocycles. The molecule has 202 valence electrons. The van der Waals surface area contributed by atoms with Crippen molar-refractivity contribution < 1.29 is 28.3 Å². The van der Waals surface area contributed by atoms with Gasteiger partial charge in [0, 0.05) is 17.8 Å². The van der Waals surface area contributed by atoms with E-state index in [1.165, 1.54) is 37.1 Å². The number of hydrogen-bond donors (Lipinski definition) is 2. The number of carbonyl (C=O) groups excluding carboxylic acids is 3. The van der Waals surface area contributed by atoms with Gasteiger partial charge in [-0.2, -0.15) is 0 Å². The minimum atomic E-state index is -0.439. The van der Waals surface area contributed by atoms with E-state index in [1.807, 2.05) is 20.5 Å². The van der Waals surface area contributed by atoms with Crippen molar-refractivity contribution in [2.45, 2.75) is 65.9 Å². The van der Waals surface area contributed by atoms with Gasteiger partial charge in [0.25, 0.3) is 5.91 Å². The summed E-state index contributed by atoms with van der Waals surface area (Å²) in [5.41, 5.74) is 1.17. The first-order valence-corrected chi connectivity index (χ1v) is 11.8. The molecule has 2 N–H and O–H groups in total. The fraction of sp³-hybridized carbons (Fsp3) is 0.464. The van der Waals surface area contributed by atoms with Crippen LogP contribution in [-0.4, -0.2) is 55.2 Å². The monoisotopic (exact) mass is 508 g/mol. The average molecular weight is 509 g/mol. The Morgan fingerprint density at radius 3 is 2.11 bits per heavy atom. The molecule has 1 aliphatic heterocycles. The number of likely N-dealkylation sites (N-methyl/N-ethyl adjacent to an activating group) is 1. The second-order valence-corrected chi connectivity index (χ2v) is 8.78. The van der Waals surface area contributed by atoms with Crippen molar-refractivity contribution in [1.82, 2.24) is 4.90 Å². The zero-order valence-corrected chi connectivity index (χ0v) is 22.5. The topological polar surface area (TPSA) is 86.7 Å². The second-order valence-electron chi connectivity index (χ2n) is 8.78. The summed E-state index contributed by atoms with van der Waals surface area (Å²) in [7, 11) is 2.07. The second kappa shape index (κ2) is 19.2. The van der Waals surface area contributed by atoms with Crippen molar-refractivity contribution >= 4 is 25.2 Å². The molecule has 3 rings (SSSR count). The molecule has 0 saturated carbocycles. The number of halogens is 2. The number of amides is 1. The highest BCUT2D eigenvalue weighted by Gasteiger charge is 2.24. The van der Waals surface area contributed by atoms with E-state index in [9.17, 15) is 18.7 Å². The molecule has 1 fully saturated rings. The lowest BCUT2D eigenvalue weighted by atomic mass is 10.0. The molecule has 36 heavy (non-hydrogen) atoms. The predicted molar refractivity (Wildman–Crippen MR) is 142 cm³/mol. The predicted octanol–water partition coefficient (Wildman–Crippen LogP) is 5.73. The molecule has 0 radical (unpaired) electrons. The third-order valence-electron chi connectivity index (χ3n) is 4.97. The number of β-amino-alcohol motifs (C(OH)–C–C–N with tert-alkyl or cyclic N) is 1. The van der Waals surface area contributed by atoms with Gasteiger partial charge in [-0.1, -0.05) is 26.3 Å². The van der Waals surface area contributed by atoms with Crippen LogP contribution in [0.5, 0.6) is 0 Å². The molecule has 1 amide bonds. The molecule has 0 bridgehead atoms. The summed E-state index contributed by atoms with van der Waals surface area (Å²) in [6.07, 6.45) is 4.60. The normalized spacial score (nSPS) is 16.6. The van der Waals surface area contributed by atoms with E-state index in [1.54, 1.807) is 26.0 Å². The van der Waals surface area contributed by atoms with E-state index in [2.05, 4.69) is 31.1 Å². The number of hydrogen-bond acceptors (Lipinski definition) is 5. The first-order valence-electron chi connectivity index (χ1n) is 11.8. The van der Waals surface area contributed by atoms with E-state index in [4.69, 9.17) is 9.59 Å². The van der Waals surface area contributed by atoms with Gasteiger partial charge in [-0.25, -0.2) is 8.78 Å². The lowest BCUT2D eigenvalue weighted by Crippen LogP contribution is -2.36. The molecule has 1 saturated heterocycles. The van der Waals surface area contributed by atoms with Crippen LogP contribution < -0.4 is 5.32 Å². The zero-order valence-electron chi connectivity index (χ0n) is 22.5. The maximum atomic E-state index is 13.3. The van der Waals surface area contributed by atoms with Gasteiger partial charge in [0.05, 0.1) is 5.60 Å². The Hall–Kier alpha value is -2.97. The van der Waals surface area contributed by atoms with Gasteiger partial charge in [-0.3, -0.25) is 4.79 Å². The van der Waals surface area contributed by atoms with Crippen molar-refractivity contribution in [2.24, 2.45) is 0 Å². The smallest absolute Gasteiger partial charge is 0.255 e. The SMILES string of the molecule is C=O.C=O.CCC.CN1CCCCC(C)(O)C1.Cc1cc(C(=O)Nc2ccc(C)c(F)c2)ccc1F. The van der Waals surface area contributed by atoms with Crippen LogP contribution in [0.1, 0.15) is 67.9 Å². The molecule has 1 heterocycles. The Labute approximate surface area is 214 Å². The van der Waals surface area contributed by atoms with Gasteiger partial charge in [-0.05, 0) is 95.1 Å². The highest BCUT2D eigenvalue weighted by Crippen LogP contribution is 2.18. The Kier molecular flexibility index (Phi) is 18.8. The van der Waals surface area contributed by atoms with Gasteiger partial charge in [0.1, 0.15) is 25.2 Å². The molecule has 1 atom stereocenters. The first-order chi connectivity index (χ1) is 17.0. The fourth-order valence-corrected chi connectivity index (χ4v) is 3.29. The van der Waals surface area contributed by atoms with Crippen LogP contribution in [0.3, 0.4) is 0 Å². The van der Waals surface area contributed by atoms with Gasteiger partial charge < -0.3 is 24.9 Å². The van der Waals surface area contributed by atoms with Crippen molar-refractivity contribution in [2.75, 3.05) is 25.5 Å². The number of likely N-dealkylation sites (tertiary alicyclic amines) is 1. The number of nitrogens with one attached hydrogen (secondary N) is 1. The molecular formula is C28H42F2N2O4. The Morgan fingerprint density at radius 1 is 1.00 bits per heavy atom. The number of aliphatic hydroxyl groups is 1. The summed E-state index contributed by atoms with van der Waals surface area (Å²) in [6.45, 7) is 15.4. The first kappa shape index (κ1) is 35.2. The third kappa shape index (κ3) is 14.4. The molecular weight excluding hydrogens is 466 g/mol. The summed E-state index contributed by atoms with van der Waals surface area (Å²) >= 11 is 0. The van der Waals surface area contributed by atoms with Gasteiger partial charge in [0.15, 0.2) is 0 Å². The molecule has 0 spiro atoms. The largest absolute Gasteiger partial charge is 0.389 e. The van der Waals surface area contributed by atoms with E-state index in [0.717, 1.165) is 25.9 Å². The standard InChI is InChI=1S/C15H13F2NO.C8H17NO.C3H8.2CH2O/c1-9-3-5-12(8-14(9)17)18-15(19)11-4-6-13(16)10(2)7-11;1-8(10)5-3-4-6-9(2)7-8;1-3-2;2*1-2/h3-8H,1-2H3,(H,18,19);10H,3-7H2,1-2H3;3H2,1-2H3;2*1H2. The van der Waals surface area contributed by atoms with Crippen molar-refractivity contribution in [3.8, 4) is 0 Å². The summed E-state index contributed by atoms with van der Waals surface area (Å²) in [4.78, 5) is 30.1. The van der Waals surface area contributed by atoms with Crippen LogP contribution in [0, 0.1) is 25.5 Å². The number of carbonyl (C=O) groups is 3. The van der Waals surface area contributed by atoms with Crippen LogP contribution in [0.25, 0.3) is 0 Å². The lowest BCUT2D eigenvalue weighted by Gasteiger charge is -2.24. The highest BCUT2D eigenvalue weighted by atomic mass is 19.1. The number of anilines is 1. The zero-order chi connectivity index (χ0) is 28.3. The van der Waals surface area contributed by atoms with E-state index in [-0.39, 0.29) is 11.6 Å². The molecule has 1 unspecified atom stereocenters. The molecule has 2 aromatic carbocycles. The summed E-state index contributed by atoms with van der Waals surface area (Å²) in [5, 5.41) is 12.3. The van der Waals surface area contributed by atoms with Crippen LogP contribution in [-0.2, 0) is 9.59 Å². The quantitative estimate of drug-likeness (QED) is 0.541. The van der Waals surface area contributed by atoms with Crippen LogP contribution in [0.2, 0.25) is 0 Å². The fourth-order valence-electron chi connectivity index (χ4n) is 3.29. The Bertz CT molecular complexity index is 905. The Morgan fingerprint density at radius 2 is 1.58 bits per heavy atom. The van der Waals surface area contributed by atoms with E-state index in [0.29, 0.717) is 22.4 Å². The maximum absolute atomic E-state index is 13.3. The highest BCUT2D eigenvalue weighted by molar-refractivity contribution is 6.04. The maximum Gasteiger partial charge on any atom is 0.255 e. The van der Waals surface area contributed by atoms with Crippen LogP contribution in [0.15, 0.2) is 36.4 Å². The van der Waals surface area contributed by atoms with Crippen molar-refractivity contribution in [3.05, 3.63) is 64.7 Å². The van der Waals surface area contributed by atoms with Gasteiger partial charge in [-0.15, -0.1) is 0 Å². The summed E-state index contributed by atoms with van der Waals surface area (Å²) in [6, 6.07) is 8.54. The number of rotatable bonds is 2. The third-order valence-corrected chi connectivity index (χ3v) is 4.97. The summed E-state index contributed by atoms with van der Waals surface area (Å²) in [5.74, 6) is -1.14. The van der Waals surface area contributed by atoms with Gasteiger partial charge >= 0.3 is 0 Å². The molecule has 6 nitrogen and oxygen atoms in total. The van der Waals surface area contributed by atoms with Crippen LogP contribution >= 0.6 is 0 Å². The minimum absolute atomic E-state index is 0.333. The van der Waals surface area contributed by atoms with E-state index >= 15 is 0 Å². The summed E-state index contributed by atoms with van der Waals surface area (Å²) < 4.78 is 26.5. The van der Waals surface area contributed by atoms with E-state index < -0.39 is 11.5 Å². The average Bonchev–Trinajstić information content (AvgIpc) is 3.00. The molecule has 0 aromatic heterocycles. The lowest BCUT2D eigenvalue weighted by molar-refractivity contribution is -0.0987. The number of aryl methyl sites for hydroxylation is 2. The molecule has 1 aliphatic rings. The van der Waals surface area contributed by atoms with Gasteiger partial charge in [0.2, 0.25) is 0 Å². The van der Waals surface area contributed by atoms with Crippen molar-refractivity contribution in [1.29, 1.82) is 0 Å². The molecule has 8 heteroatoms. The molecule has 2 aromatic rings. The Balaban J connectivity index is 0. The number of benzene rings is 2. The minimum Gasteiger partial charge on any atom is -0.389 e. The number of nitrogens with zero attached hydrogens (tertiary/aromatic N) is 1.